The predicted octanol–water partition coefficient (Wildman–Crippen LogP) is 1.92. The van der Waals surface area contributed by atoms with Crippen molar-refractivity contribution in [2.45, 2.75) is 13.5 Å². The molecule has 29 heavy (non-hydrogen) atoms. The van der Waals surface area contributed by atoms with Gasteiger partial charge in [-0.25, -0.2) is 4.99 Å². The molecule has 1 saturated heterocycles. The van der Waals surface area contributed by atoms with Crippen LogP contribution >= 0.6 is 0 Å². The zero-order chi connectivity index (χ0) is 20.3. The lowest BCUT2D eigenvalue weighted by Gasteiger charge is -2.26. The van der Waals surface area contributed by atoms with Crippen molar-refractivity contribution >= 4 is 17.6 Å². The van der Waals surface area contributed by atoms with E-state index >= 15 is 0 Å². The Morgan fingerprint density at radius 3 is 2.79 bits per heavy atom. The van der Waals surface area contributed by atoms with Gasteiger partial charge in [0.15, 0.2) is 11.7 Å². The molecule has 1 aromatic heterocycles. The summed E-state index contributed by atoms with van der Waals surface area (Å²) in [5, 5.41) is 9.49. The minimum Gasteiger partial charge on any atom is -0.459 e. The molecule has 2 aromatic rings. The molecular weight excluding hydrogens is 370 g/mol. The minimum absolute atomic E-state index is 0.270. The molecule has 0 spiro atoms. The second-order valence-electron chi connectivity index (χ2n) is 6.71. The molecule has 0 atom stereocenters. The summed E-state index contributed by atoms with van der Waals surface area (Å²) in [7, 11) is 0. The van der Waals surface area contributed by atoms with E-state index in [1.807, 2.05) is 31.2 Å². The number of aliphatic imine (C=N–C) groups is 1. The van der Waals surface area contributed by atoms with Gasteiger partial charge in [-0.3, -0.25) is 9.69 Å². The zero-order valence-corrected chi connectivity index (χ0v) is 16.8. The molecule has 1 amide bonds. The van der Waals surface area contributed by atoms with Gasteiger partial charge in [0.05, 0.1) is 26.0 Å². The fourth-order valence-corrected chi connectivity index (χ4v) is 3.02. The van der Waals surface area contributed by atoms with Crippen molar-refractivity contribution in [3.05, 3.63) is 54.0 Å². The van der Waals surface area contributed by atoms with Crippen molar-refractivity contribution in [3.8, 4) is 0 Å². The molecule has 0 unspecified atom stereocenters. The number of nitrogens with zero attached hydrogens (tertiary/aromatic N) is 2. The second kappa shape index (κ2) is 11.2. The number of guanidine groups is 1. The first-order valence-electron chi connectivity index (χ1n) is 10.0. The zero-order valence-electron chi connectivity index (χ0n) is 16.8. The van der Waals surface area contributed by atoms with Crippen LogP contribution in [0, 0.1) is 0 Å². The number of nitrogens with one attached hydrogen (secondary N) is 3. The van der Waals surface area contributed by atoms with E-state index in [4.69, 9.17) is 9.15 Å². The van der Waals surface area contributed by atoms with Crippen molar-refractivity contribution in [2.75, 3.05) is 51.3 Å². The smallest absolute Gasteiger partial charge is 0.291 e. The summed E-state index contributed by atoms with van der Waals surface area (Å²) < 4.78 is 10.5. The Morgan fingerprint density at radius 2 is 2.03 bits per heavy atom. The average molecular weight is 399 g/mol. The molecule has 3 N–H and O–H groups in total. The standard InChI is InChI=1S/C21H29N5O3/c1-2-22-21(23-8-9-26-10-13-28-14-11-26)24-16-17-5-3-6-18(15-17)25-20(27)19-7-4-12-29-19/h3-7,12,15H,2,8-11,13-14,16H2,1H3,(H,25,27)(H2,22,23,24). The van der Waals surface area contributed by atoms with Crippen LogP contribution in [0.15, 0.2) is 52.1 Å². The Labute approximate surface area is 171 Å². The Morgan fingerprint density at radius 1 is 1.17 bits per heavy atom. The highest BCUT2D eigenvalue weighted by Gasteiger charge is 2.10. The molecule has 8 heteroatoms. The molecule has 8 nitrogen and oxygen atoms in total. The second-order valence-corrected chi connectivity index (χ2v) is 6.71. The molecule has 1 aromatic carbocycles. The molecule has 0 aliphatic carbocycles. The van der Waals surface area contributed by atoms with Crippen LogP contribution in [0.25, 0.3) is 0 Å². The number of anilines is 1. The van der Waals surface area contributed by atoms with Crippen LogP contribution in [0.1, 0.15) is 23.0 Å². The minimum atomic E-state index is -0.270. The number of furan rings is 1. The van der Waals surface area contributed by atoms with Crippen molar-refractivity contribution < 1.29 is 13.9 Å². The first kappa shape index (κ1) is 20.9. The largest absolute Gasteiger partial charge is 0.459 e. The summed E-state index contributed by atoms with van der Waals surface area (Å²) in [6, 6.07) is 11.0. The maximum absolute atomic E-state index is 12.1. The summed E-state index contributed by atoms with van der Waals surface area (Å²) in [6.07, 6.45) is 1.48. The Balaban J connectivity index is 1.52. The number of carbonyl (C=O) groups is 1. The van der Waals surface area contributed by atoms with E-state index in [1.165, 1.54) is 6.26 Å². The van der Waals surface area contributed by atoms with E-state index in [-0.39, 0.29) is 11.7 Å². The fourth-order valence-electron chi connectivity index (χ4n) is 3.02. The molecule has 0 bridgehead atoms. The quantitative estimate of drug-likeness (QED) is 0.464. The van der Waals surface area contributed by atoms with Crippen molar-refractivity contribution in [1.29, 1.82) is 0 Å². The molecule has 3 rings (SSSR count). The lowest BCUT2D eigenvalue weighted by atomic mass is 10.2. The molecule has 2 heterocycles. The monoisotopic (exact) mass is 399 g/mol. The van der Waals surface area contributed by atoms with Gasteiger partial charge in [0.2, 0.25) is 0 Å². The van der Waals surface area contributed by atoms with E-state index in [0.717, 1.165) is 57.5 Å². The number of benzene rings is 1. The summed E-state index contributed by atoms with van der Waals surface area (Å²) in [5.41, 5.74) is 1.72. The highest BCUT2D eigenvalue weighted by molar-refractivity contribution is 6.02. The number of morpholine rings is 1. The third-order valence-corrected chi connectivity index (χ3v) is 4.52. The van der Waals surface area contributed by atoms with Crippen LogP contribution in [0.5, 0.6) is 0 Å². The molecule has 1 aliphatic rings. The normalized spacial score (nSPS) is 15.1. The Hall–Kier alpha value is -2.84. The topological polar surface area (TPSA) is 91.1 Å². The van der Waals surface area contributed by atoms with E-state index in [1.54, 1.807) is 12.1 Å². The summed E-state index contributed by atoms with van der Waals surface area (Å²) >= 11 is 0. The van der Waals surface area contributed by atoms with E-state index in [2.05, 4.69) is 25.8 Å². The lowest BCUT2D eigenvalue weighted by molar-refractivity contribution is 0.0389. The van der Waals surface area contributed by atoms with Gasteiger partial charge in [-0.2, -0.15) is 0 Å². The average Bonchev–Trinajstić information content (AvgIpc) is 3.28. The van der Waals surface area contributed by atoms with Crippen molar-refractivity contribution in [2.24, 2.45) is 4.99 Å². The summed E-state index contributed by atoms with van der Waals surface area (Å²) in [5.74, 6) is 0.798. The number of hydrogen-bond donors (Lipinski definition) is 3. The molecule has 0 radical (unpaired) electrons. The van der Waals surface area contributed by atoms with Crippen LogP contribution in [-0.2, 0) is 11.3 Å². The maximum atomic E-state index is 12.1. The number of carbonyl (C=O) groups excluding carboxylic acids is 1. The molecule has 156 valence electrons. The summed E-state index contributed by atoms with van der Waals surface area (Å²) in [4.78, 5) is 19.2. The maximum Gasteiger partial charge on any atom is 0.291 e. The van der Waals surface area contributed by atoms with Crippen LogP contribution < -0.4 is 16.0 Å². The van der Waals surface area contributed by atoms with Gasteiger partial charge in [0.25, 0.3) is 5.91 Å². The SMILES string of the molecule is CCNC(=NCc1cccc(NC(=O)c2ccco2)c1)NCCN1CCOCC1. The first-order valence-corrected chi connectivity index (χ1v) is 10.0. The highest BCUT2D eigenvalue weighted by atomic mass is 16.5. The predicted molar refractivity (Wildman–Crippen MR) is 113 cm³/mol. The fraction of sp³-hybridized carbons (Fsp3) is 0.429. The number of ether oxygens (including phenoxy) is 1. The third kappa shape index (κ3) is 6.92. The summed E-state index contributed by atoms with van der Waals surface area (Å²) in [6.45, 7) is 8.71. The Bertz CT molecular complexity index is 785. The lowest BCUT2D eigenvalue weighted by Crippen LogP contribution is -2.44. The van der Waals surface area contributed by atoms with Gasteiger partial charge in [-0.1, -0.05) is 12.1 Å². The van der Waals surface area contributed by atoms with Crippen LogP contribution in [0.3, 0.4) is 0 Å². The van der Waals surface area contributed by atoms with E-state index in [9.17, 15) is 4.79 Å². The number of hydrogen-bond acceptors (Lipinski definition) is 5. The highest BCUT2D eigenvalue weighted by Crippen LogP contribution is 2.13. The van der Waals surface area contributed by atoms with Gasteiger partial charge in [-0.05, 0) is 36.8 Å². The molecule has 1 fully saturated rings. The van der Waals surface area contributed by atoms with E-state index < -0.39 is 0 Å². The van der Waals surface area contributed by atoms with Crippen LogP contribution in [0.2, 0.25) is 0 Å². The third-order valence-electron chi connectivity index (χ3n) is 4.52. The molecule has 0 saturated carbocycles. The van der Waals surface area contributed by atoms with Crippen molar-refractivity contribution in [3.63, 3.8) is 0 Å². The van der Waals surface area contributed by atoms with Gasteiger partial charge < -0.3 is 25.1 Å². The van der Waals surface area contributed by atoms with Gasteiger partial charge >= 0.3 is 0 Å². The van der Waals surface area contributed by atoms with Gasteiger partial charge in [-0.15, -0.1) is 0 Å². The molecular formula is C21H29N5O3. The van der Waals surface area contributed by atoms with Gasteiger partial charge in [0.1, 0.15) is 0 Å². The van der Waals surface area contributed by atoms with Crippen LogP contribution in [0.4, 0.5) is 5.69 Å². The van der Waals surface area contributed by atoms with Gasteiger partial charge in [0, 0.05) is 38.4 Å². The van der Waals surface area contributed by atoms with E-state index in [0.29, 0.717) is 12.2 Å². The Kier molecular flexibility index (Phi) is 8.09. The number of rotatable bonds is 8. The van der Waals surface area contributed by atoms with Crippen molar-refractivity contribution in [1.82, 2.24) is 15.5 Å². The number of amides is 1. The first-order chi connectivity index (χ1) is 14.2. The molecule has 1 aliphatic heterocycles. The van der Waals surface area contributed by atoms with Crippen LogP contribution in [-0.4, -0.2) is 62.7 Å².